The van der Waals surface area contributed by atoms with E-state index >= 15 is 0 Å². The number of carbonyl (C=O) groups excluding carboxylic acids is 2. The molecule has 0 aromatic heterocycles. The summed E-state index contributed by atoms with van der Waals surface area (Å²) in [6, 6.07) is 10.3. The van der Waals surface area contributed by atoms with Gasteiger partial charge >= 0.3 is 6.03 Å². The van der Waals surface area contributed by atoms with E-state index in [-0.39, 0.29) is 41.1 Å². The number of nitrogens with zero attached hydrogens (tertiary/aromatic N) is 2. The molecule has 0 heterocycles. The Morgan fingerprint density at radius 3 is 2.29 bits per heavy atom. The number of alkyl halides is 1. The van der Waals surface area contributed by atoms with Crippen molar-refractivity contribution in [2.75, 3.05) is 19.5 Å². The molecule has 2 amide bonds. The Bertz CT molecular complexity index is 979. The maximum absolute atomic E-state index is 12.1. The number of rotatable bonds is 7. The molecule has 2 aromatic carbocycles. The highest BCUT2D eigenvalue weighted by Crippen LogP contribution is 2.28. The van der Waals surface area contributed by atoms with Crippen LogP contribution in [0.25, 0.3) is 0 Å². The number of nitrogens with one attached hydrogen (secondary N) is 1. The Morgan fingerprint density at radius 2 is 1.74 bits per heavy atom. The molecule has 3 rings (SSSR count). The number of phenolic OH excluding ortho intramolecular Hbond substituents is 2. The molecule has 0 saturated heterocycles. The highest BCUT2D eigenvalue weighted by molar-refractivity contribution is 6.18. The van der Waals surface area contributed by atoms with E-state index in [0.717, 1.165) is 36.6 Å². The first kappa shape index (κ1) is 26.9. The first-order chi connectivity index (χ1) is 16.3. The van der Waals surface area contributed by atoms with E-state index < -0.39 is 11.8 Å². The number of hydrogen-bond donors (Lipinski definition) is 3. The van der Waals surface area contributed by atoms with Gasteiger partial charge in [0.1, 0.15) is 17.2 Å². The van der Waals surface area contributed by atoms with Gasteiger partial charge in [-0.05, 0) is 55.9 Å². The normalized spacial score (nSPS) is 17.0. The second-order valence-corrected chi connectivity index (χ2v) is 8.41. The van der Waals surface area contributed by atoms with E-state index in [1.807, 2.05) is 0 Å². The summed E-state index contributed by atoms with van der Waals surface area (Å²) in [7, 11) is 1.47. The molecule has 0 unspecified atom stereocenters. The third-order valence-electron chi connectivity index (χ3n) is 5.57. The summed E-state index contributed by atoms with van der Waals surface area (Å²) < 4.78 is 4.94. The number of amides is 2. The van der Waals surface area contributed by atoms with Crippen molar-refractivity contribution in [1.29, 1.82) is 0 Å². The average Bonchev–Trinajstić information content (AvgIpc) is 2.84. The third kappa shape index (κ3) is 7.62. The maximum Gasteiger partial charge on any atom is 0.340 e. The lowest BCUT2D eigenvalue weighted by Gasteiger charge is -2.27. The lowest BCUT2D eigenvalue weighted by molar-refractivity contribution is 0.103. The molecular formula is C24H30ClN3O6. The predicted octanol–water partition coefficient (Wildman–Crippen LogP) is 4.83. The minimum absolute atomic E-state index is 0.113. The van der Waals surface area contributed by atoms with Crippen molar-refractivity contribution in [2.45, 2.75) is 38.6 Å². The molecule has 0 spiro atoms. The van der Waals surface area contributed by atoms with Crippen LogP contribution >= 0.6 is 11.6 Å². The monoisotopic (exact) mass is 491 g/mol. The minimum Gasteiger partial charge on any atom is -0.507 e. The largest absolute Gasteiger partial charge is 0.507 e. The van der Waals surface area contributed by atoms with Crippen LogP contribution in [0.1, 0.15) is 48.5 Å². The predicted molar refractivity (Wildman–Crippen MR) is 129 cm³/mol. The Morgan fingerprint density at radius 1 is 1.09 bits per heavy atom. The van der Waals surface area contributed by atoms with E-state index in [1.165, 1.54) is 31.4 Å². The molecule has 0 atom stereocenters. The van der Waals surface area contributed by atoms with Crippen LogP contribution in [-0.2, 0) is 0 Å². The van der Waals surface area contributed by atoms with Gasteiger partial charge in [-0.2, -0.15) is 5.01 Å². The van der Waals surface area contributed by atoms with Crippen LogP contribution in [0.2, 0.25) is 0 Å². The van der Waals surface area contributed by atoms with Crippen LogP contribution < -0.4 is 10.1 Å². The van der Waals surface area contributed by atoms with Gasteiger partial charge in [0, 0.05) is 18.0 Å². The second kappa shape index (κ2) is 13.4. The van der Waals surface area contributed by atoms with Crippen LogP contribution in [0, 0.1) is 10.8 Å². The zero-order chi connectivity index (χ0) is 25.1. The zero-order valence-electron chi connectivity index (χ0n) is 19.2. The summed E-state index contributed by atoms with van der Waals surface area (Å²) in [6.07, 6.45) is 4.19. The van der Waals surface area contributed by atoms with E-state index in [9.17, 15) is 24.7 Å². The number of hydrogen-bond acceptors (Lipinski definition) is 7. The number of methoxy groups -OCH3 is 1. The molecule has 184 valence electrons. The SMILES string of the molecule is CC1CCC(NC(=O)N(CCCl)N=O)CC1.COc1ccc(C(=O)c2ccccc2O)c(O)c1. The first-order valence-corrected chi connectivity index (χ1v) is 11.5. The van der Waals surface area contributed by atoms with Gasteiger partial charge in [-0.1, -0.05) is 19.1 Å². The van der Waals surface area contributed by atoms with Crippen molar-refractivity contribution in [2.24, 2.45) is 11.2 Å². The summed E-state index contributed by atoms with van der Waals surface area (Å²) in [5, 5.41) is 25.7. The van der Waals surface area contributed by atoms with Crippen LogP contribution in [0.5, 0.6) is 17.2 Å². The third-order valence-corrected chi connectivity index (χ3v) is 5.74. The summed E-state index contributed by atoms with van der Waals surface area (Å²) in [5.41, 5.74) is 0.273. The number of phenols is 2. The number of urea groups is 1. The number of para-hydroxylation sites is 1. The molecule has 0 radical (unpaired) electrons. The van der Waals surface area contributed by atoms with Crippen LogP contribution in [0.3, 0.4) is 0 Å². The van der Waals surface area contributed by atoms with E-state index in [0.29, 0.717) is 5.75 Å². The van der Waals surface area contributed by atoms with Gasteiger partial charge in [0.05, 0.1) is 30.1 Å². The van der Waals surface area contributed by atoms with Gasteiger partial charge < -0.3 is 20.3 Å². The Labute approximate surface area is 203 Å². The number of ether oxygens (including phenoxy) is 1. The number of benzene rings is 2. The van der Waals surface area contributed by atoms with E-state index in [2.05, 4.69) is 17.5 Å². The number of ketones is 1. The number of halogens is 1. The van der Waals surface area contributed by atoms with Gasteiger partial charge in [0.15, 0.2) is 5.78 Å². The Balaban J connectivity index is 0.000000242. The van der Waals surface area contributed by atoms with Gasteiger partial charge in [-0.3, -0.25) is 4.79 Å². The second-order valence-electron chi connectivity index (χ2n) is 8.03. The molecule has 1 aliphatic carbocycles. The van der Waals surface area contributed by atoms with Crippen molar-refractivity contribution in [1.82, 2.24) is 10.3 Å². The summed E-state index contributed by atoms with van der Waals surface area (Å²) in [5.74, 6) is 0.673. The molecular weight excluding hydrogens is 462 g/mol. The van der Waals surface area contributed by atoms with Crippen LogP contribution in [-0.4, -0.2) is 52.6 Å². The van der Waals surface area contributed by atoms with Crippen molar-refractivity contribution >= 4 is 23.4 Å². The summed E-state index contributed by atoms with van der Waals surface area (Å²) >= 11 is 5.46. The lowest BCUT2D eigenvalue weighted by Crippen LogP contribution is -2.44. The Kier molecular flexibility index (Phi) is 10.6. The molecule has 34 heavy (non-hydrogen) atoms. The van der Waals surface area contributed by atoms with E-state index in [1.54, 1.807) is 18.2 Å². The van der Waals surface area contributed by atoms with Crippen LogP contribution in [0.4, 0.5) is 4.79 Å². The van der Waals surface area contributed by atoms with Gasteiger partial charge in [-0.15, -0.1) is 16.5 Å². The topological polar surface area (TPSA) is 129 Å². The lowest BCUT2D eigenvalue weighted by atomic mass is 9.87. The Hall–Kier alpha value is -3.33. The zero-order valence-corrected chi connectivity index (χ0v) is 20.0. The molecule has 3 N–H and O–H groups in total. The fourth-order valence-corrected chi connectivity index (χ4v) is 3.71. The molecule has 0 aliphatic heterocycles. The van der Waals surface area contributed by atoms with Gasteiger partial charge in [0.25, 0.3) is 0 Å². The number of carbonyl (C=O) groups is 2. The van der Waals surface area contributed by atoms with Gasteiger partial charge in [0.2, 0.25) is 0 Å². The highest BCUT2D eigenvalue weighted by Gasteiger charge is 2.22. The molecule has 1 saturated carbocycles. The summed E-state index contributed by atoms with van der Waals surface area (Å²) in [4.78, 5) is 34.1. The molecule has 0 bridgehead atoms. The smallest absolute Gasteiger partial charge is 0.340 e. The van der Waals surface area contributed by atoms with Crippen molar-refractivity contribution in [3.63, 3.8) is 0 Å². The van der Waals surface area contributed by atoms with E-state index in [4.69, 9.17) is 16.3 Å². The molecule has 10 heteroatoms. The average molecular weight is 492 g/mol. The fourth-order valence-electron chi connectivity index (χ4n) is 3.55. The van der Waals surface area contributed by atoms with Crippen molar-refractivity contribution in [3.05, 3.63) is 58.5 Å². The standard InChI is InChI=1S/C14H12O4.C10H18ClN3O2/c1-18-9-6-7-11(13(16)8-9)14(17)10-4-2-3-5-12(10)15;1-8-2-4-9(5-3-8)12-10(15)14(13-16)7-6-11/h2-8,15-16H,1H3;8-9H,2-7H2,1H3,(H,12,15). The minimum atomic E-state index is -0.437. The van der Waals surface area contributed by atoms with Crippen molar-refractivity contribution < 1.29 is 24.5 Å². The fraction of sp³-hybridized carbons (Fsp3) is 0.417. The number of nitroso groups, excluding NO2 is 1. The molecule has 1 fully saturated rings. The van der Waals surface area contributed by atoms with Gasteiger partial charge in [-0.25, -0.2) is 4.79 Å². The molecule has 2 aromatic rings. The number of aromatic hydroxyl groups is 2. The highest BCUT2D eigenvalue weighted by atomic mass is 35.5. The summed E-state index contributed by atoms with van der Waals surface area (Å²) in [6.45, 7) is 2.37. The maximum atomic E-state index is 12.1. The molecule has 1 aliphatic rings. The molecule has 9 nitrogen and oxygen atoms in total. The van der Waals surface area contributed by atoms with Crippen molar-refractivity contribution in [3.8, 4) is 17.2 Å². The first-order valence-electron chi connectivity index (χ1n) is 11.0. The quantitative estimate of drug-likeness (QED) is 0.220. The van der Waals surface area contributed by atoms with Crippen LogP contribution in [0.15, 0.2) is 47.8 Å².